The van der Waals surface area contributed by atoms with E-state index in [1.807, 2.05) is 12.1 Å². The summed E-state index contributed by atoms with van der Waals surface area (Å²) < 4.78 is 29.4. The number of carbonyl (C=O) groups excluding carboxylic acids is 1. The van der Waals surface area contributed by atoms with E-state index in [1.54, 1.807) is 24.8 Å². The SMILES string of the molecule is CS(=O)(=O)CCNC(=O)Cn1cc(-c2nc(C3(c4ccc(-c5cnc(N)nc5)cc4)CCC3)no2)cn1. The molecule has 1 aliphatic rings. The fourth-order valence-corrected chi connectivity index (χ4v) is 4.79. The first-order valence-electron chi connectivity index (χ1n) is 11.7. The van der Waals surface area contributed by atoms with Crippen molar-refractivity contribution in [1.29, 1.82) is 0 Å². The molecule has 0 spiro atoms. The number of nitrogens with zero attached hydrogens (tertiary/aromatic N) is 6. The Morgan fingerprint density at radius 1 is 1.11 bits per heavy atom. The van der Waals surface area contributed by atoms with Gasteiger partial charge in [-0.15, -0.1) is 0 Å². The van der Waals surface area contributed by atoms with E-state index in [-0.39, 0.29) is 36.1 Å². The number of amides is 1. The van der Waals surface area contributed by atoms with Crippen molar-refractivity contribution in [3.05, 3.63) is 60.4 Å². The van der Waals surface area contributed by atoms with Crippen LogP contribution in [0.1, 0.15) is 30.7 Å². The molecule has 1 amide bonds. The van der Waals surface area contributed by atoms with Crippen LogP contribution in [-0.2, 0) is 26.6 Å². The molecular formula is C24H26N8O4S. The van der Waals surface area contributed by atoms with Gasteiger partial charge in [-0.25, -0.2) is 18.4 Å². The van der Waals surface area contributed by atoms with Gasteiger partial charge in [-0.3, -0.25) is 9.48 Å². The Bertz CT molecular complexity index is 1510. The van der Waals surface area contributed by atoms with Crippen LogP contribution < -0.4 is 11.1 Å². The number of nitrogens with one attached hydrogen (secondary N) is 1. The van der Waals surface area contributed by atoms with E-state index in [0.29, 0.717) is 17.3 Å². The first-order valence-corrected chi connectivity index (χ1v) is 13.8. The number of carbonyl (C=O) groups is 1. The average molecular weight is 523 g/mol. The lowest BCUT2D eigenvalue weighted by atomic mass is 9.64. The third kappa shape index (κ3) is 5.35. The van der Waals surface area contributed by atoms with Gasteiger partial charge in [0.2, 0.25) is 11.9 Å². The molecule has 0 unspecified atom stereocenters. The molecular weight excluding hydrogens is 496 g/mol. The van der Waals surface area contributed by atoms with Crippen LogP contribution in [0.4, 0.5) is 5.95 Å². The molecule has 12 nitrogen and oxygen atoms in total. The normalized spacial score (nSPS) is 14.7. The summed E-state index contributed by atoms with van der Waals surface area (Å²) in [6, 6.07) is 8.19. The van der Waals surface area contributed by atoms with E-state index in [0.717, 1.165) is 42.2 Å². The van der Waals surface area contributed by atoms with E-state index >= 15 is 0 Å². The number of anilines is 1. The number of rotatable bonds is 9. The molecule has 3 heterocycles. The Balaban J connectivity index is 1.28. The maximum atomic E-state index is 12.1. The van der Waals surface area contributed by atoms with E-state index in [1.165, 1.54) is 4.68 Å². The highest BCUT2D eigenvalue weighted by Gasteiger charge is 2.44. The Morgan fingerprint density at radius 3 is 2.49 bits per heavy atom. The van der Waals surface area contributed by atoms with E-state index in [4.69, 9.17) is 10.3 Å². The Labute approximate surface area is 213 Å². The molecule has 13 heteroatoms. The zero-order valence-corrected chi connectivity index (χ0v) is 21.0. The summed E-state index contributed by atoms with van der Waals surface area (Å²) in [5.41, 5.74) is 8.83. The fraction of sp³-hybridized carbons (Fsp3) is 0.333. The molecule has 0 radical (unpaired) electrons. The minimum Gasteiger partial charge on any atom is -0.368 e. The van der Waals surface area contributed by atoms with E-state index in [2.05, 4.69) is 42.7 Å². The van der Waals surface area contributed by atoms with Crippen molar-refractivity contribution in [3.8, 4) is 22.6 Å². The monoisotopic (exact) mass is 522 g/mol. The first kappa shape index (κ1) is 24.6. The lowest BCUT2D eigenvalue weighted by Gasteiger charge is -2.39. The van der Waals surface area contributed by atoms with Crippen molar-refractivity contribution in [3.63, 3.8) is 0 Å². The zero-order chi connectivity index (χ0) is 26.0. The van der Waals surface area contributed by atoms with Crippen LogP contribution in [0.5, 0.6) is 0 Å². The number of nitrogens with two attached hydrogens (primary N) is 1. The Hall–Kier alpha value is -4.13. The second kappa shape index (κ2) is 9.73. The largest absolute Gasteiger partial charge is 0.368 e. The molecule has 3 aromatic heterocycles. The quantitative estimate of drug-likeness (QED) is 0.329. The first-order chi connectivity index (χ1) is 17.7. The molecule has 0 atom stereocenters. The molecule has 1 fully saturated rings. The Kier molecular flexibility index (Phi) is 6.46. The lowest BCUT2D eigenvalue weighted by Crippen LogP contribution is -2.36. The van der Waals surface area contributed by atoms with E-state index < -0.39 is 9.84 Å². The molecule has 5 rings (SSSR count). The summed E-state index contributed by atoms with van der Waals surface area (Å²) in [7, 11) is -3.14. The molecule has 1 aromatic carbocycles. The molecule has 192 valence electrons. The van der Waals surface area contributed by atoms with Gasteiger partial charge in [-0.1, -0.05) is 35.8 Å². The molecule has 1 saturated carbocycles. The van der Waals surface area contributed by atoms with Crippen molar-refractivity contribution in [2.24, 2.45) is 0 Å². The van der Waals surface area contributed by atoms with Crippen molar-refractivity contribution in [2.45, 2.75) is 31.2 Å². The molecule has 0 saturated heterocycles. The predicted molar refractivity (Wildman–Crippen MR) is 135 cm³/mol. The highest BCUT2D eigenvalue weighted by atomic mass is 32.2. The third-order valence-corrected chi connectivity index (χ3v) is 7.43. The number of sulfone groups is 1. The van der Waals surface area contributed by atoms with Gasteiger partial charge in [0.1, 0.15) is 16.4 Å². The molecule has 3 N–H and O–H groups in total. The van der Waals surface area contributed by atoms with Gasteiger partial charge in [0.25, 0.3) is 5.89 Å². The van der Waals surface area contributed by atoms with Crippen LogP contribution in [0, 0.1) is 0 Å². The second-order valence-electron chi connectivity index (χ2n) is 9.17. The van der Waals surface area contributed by atoms with Crippen LogP contribution in [-0.4, -0.2) is 62.8 Å². The van der Waals surface area contributed by atoms with Crippen molar-refractivity contribution in [2.75, 3.05) is 24.3 Å². The van der Waals surface area contributed by atoms with Crippen LogP contribution in [0.2, 0.25) is 0 Å². The topological polar surface area (TPSA) is 172 Å². The van der Waals surface area contributed by atoms with Crippen molar-refractivity contribution < 1.29 is 17.7 Å². The van der Waals surface area contributed by atoms with Gasteiger partial charge >= 0.3 is 0 Å². The Morgan fingerprint density at radius 2 is 1.84 bits per heavy atom. The van der Waals surface area contributed by atoms with E-state index in [9.17, 15) is 13.2 Å². The van der Waals surface area contributed by atoms with Gasteiger partial charge in [0.15, 0.2) is 5.82 Å². The second-order valence-corrected chi connectivity index (χ2v) is 11.4. The molecule has 4 aromatic rings. The van der Waals surface area contributed by atoms with Gasteiger partial charge in [-0.2, -0.15) is 10.1 Å². The molecule has 0 aliphatic heterocycles. The predicted octanol–water partition coefficient (Wildman–Crippen LogP) is 1.60. The minimum atomic E-state index is -3.14. The molecule has 1 aliphatic carbocycles. The summed E-state index contributed by atoms with van der Waals surface area (Å²) in [6.45, 7) is -0.00425. The van der Waals surface area contributed by atoms with Gasteiger partial charge in [0, 0.05) is 37.0 Å². The fourth-order valence-electron chi connectivity index (χ4n) is 4.31. The number of nitrogen functional groups attached to an aromatic ring is 1. The summed E-state index contributed by atoms with van der Waals surface area (Å²) in [5, 5.41) is 11.1. The number of aromatic nitrogens is 6. The van der Waals surface area contributed by atoms with Crippen LogP contribution in [0.25, 0.3) is 22.6 Å². The highest BCUT2D eigenvalue weighted by molar-refractivity contribution is 7.90. The molecule has 0 bridgehead atoms. The standard InChI is InChI=1S/C24H26N8O4S/c1-37(34,35)10-9-26-20(33)15-32-14-18(13-29-32)21-30-22(31-36-21)24(7-2-8-24)19-5-3-16(4-6-19)17-11-27-23(25)28-12-17/h3-6,11-14H,2,7-10,15H2,1H3,(H,26,33)(H2,25,27,28). The number of benzene rings is 1. The summed E-state index contributed by atoms with van der Waals surface area (Å²) in [4.78, 5) is 24.9. The van der Waals surface area contributed by atoms with Crippen LogP contribution in [0.15, 0.2) is 53.6 Å². The van der Waals surface area contributed by atoms with Crippen LogP contribution in [0.3, 0.4) is 0 Å². The smallest absolute Gasteiger partial charge is 0.261 e. The number of hydrogen-bond donors (Lipinski definition) is 2. The van der Waals surface area contributed by atoms with Crippen molar-refractivity contribution in [1.82, 2.24) is 35.2 Å². The zero-order valence-electron chi connectivity index (χ0n) is 20.2. The molecule has 37 heavy (non-hydrogen) atoms. The van der Waals surface area contributed by atoms with Gasteiger partial charge in [-0.05, 0) is 24.0 Å². The maximum absolute atomic E-state index is 12.1. The summed E-state index contributed by atoms with van der Waals surface area (Å²) in [6.07, 6.45) is 10.6. The summed E-state index contributed by atoms with van der Waals surface area (Å²) >= 11 is 0. The van der Waals surface area contributed by atoms with Crippen molar-refractivity contribution >= 4 is 21.7 Å². The third-order valence-electron chi connectivity index (χ3n) is 6.48. The lowest BCUT2D eigenvalue weighted by molar-refractivity contribution is -0.121. The summed E-state index contributed by atoms with van der Waals surface area (Å²) in [5.74, 6) is 0.713. The van der Waals surface area contributed by atoms with Crippen LogP contribution >= 0.6 is 0 Å². The number of hydrogen-bond acceptors (Lipinski definition) is 10. The van der Waals surface area contributed by atoms with Gasteiger partial charge < -0.3 is 15.6 Å². The highest BCUT2D eigenvalue weighted by Crippen LogP contribution is 2.48. The minimum absolute atomic E-state index is 0.0512. The van der Waals surface area contributed by atoms with Gasteiger partial charge in [0.05, 0.1) is 22.9 Å². The average Bonchev–Trinajstić information content (AvgIpc) is 3.49. The maximum Gasteiger partial charge on any atom is 0.261 e.